The van der Waals surface area contributed by atoms with Crippen molar-refractivity contribution in [2.24, 2.45) is 0 Å². The van der Waals surface area contributed by atoms with Crippen molar-refractivity contribution in [3.05, 3.63) is 42.2 Å². The fourth-order valence-electron chi connectivity index (χ4n) is 3.91. The van der Waals surface area contributed by atoms with E-state index in [1.165, 1.54) is 35.9 Å². The lowest BCUT2D eigenvalue weighted by Gasteiger charge is -2.26. The number of likely N-dealkylation sites (tertiary alicyclic amines) is 1. The first-order chi connectivity index (χ1) is 15.0. The van der Waals surface area contributed by atoms with Gasteiger partial charge in [0.1, 0.15) is 6.10 Å². The van der Waals surface area contributed by atoms with Crippen molar-refractivity contribution in [2.45, 2.75) is 36.7 Å². The Hall–Kier alpha value is -2.72. The van der Waals surface area contributed by atoms with Gasteiger partial charge in [-0.2, -0.15) is 4.31 Å². The zero-order valence-corrected chi connectivity index (χ0v) is 18.3. The molecule has 31 heavy (non-hydrogen) atoms. The van der Waals surface area contributed by atoms with E-state index >= 15 is 0 Å². The van der Waals surface area contributed by atoms with Gasteiger partial charge in [-0.1, -0.05) is 6.42 Å². The minimum absolute atomic E-state index is 0.154. The Morgan fingerprint density at radius 3 is 2.35 bits per heavy atom. The average molecular weight is 447 g/mol. The number of hydrogen-bond acceptors (Lipinski definition) is 7. The number of aromatic nitrogens is 2. The maximum atomic E-state index is 12.9. The van der Waals surface area contributed by atoms with Crippen LogP contribution in [0.25, 0.3) is 0 Å². The van der Waals surface area contributed by atoms with Crippen molar-refractivity contribution in [3.63, 3.8) is 0 Å². The molecule has 166 valence electrons. The molecule has 4 rings (SSSR count). The molecule has 1 atom stereocenters. The molecular weight excluding hydrogens is 420 g/mol. The van der Waals surface area contributed by atoms with Gasteiger partial charge >= 0.3 is 0 Å². The number of carbonyl (C=O) groups is 1. The van der Waals surface area contributed by atoms with E-state index in [1.807, 2.05) is 0 Å². The van der Waals surface area contributed by atoms with Gasteiger partial charge in [0.15, 0.2) is 0 Å². The second-order valence-electron chi connectivity index (χ2n) is 7.64. The summed E-state index contributed by atoms with van der Waals surface area (Å²) in [4.78, 5) is 23.0. The van der Waals surface area contributed by atoms with Crippen LogP contribution >= 0.6 is 0 Å². The number of benzene rings is 1. The van der Waals surface area contributed by atoms with E-state index < -0.39 is 10.0 Å². The summed E-state index contributed by atoms with van der Waals surface area (Å²) >= 11 is 0. The lowest BCUT2D eigenvalue weighted by molar-refractivity contribution is 0.0770. The maximum absolute atomic E-state index is 12.9. The molecule has 0 N–H and O–H groups in total. The molecule has 0 bridgehead atoms. The third kappa shape index (κ3) is 4.64. The first-order valence-corrected chi connectivity index (χ1v) is 11.8. The first kappa shape index (κ1) is 21.5. The van der Waals surface area contributed by atoms with E-state index in [0.717, 1.165) is 19.3 Å². The summed E-state index contributed by atoms with van der Waals surface area (Å²) in [6, 6.07) is 6.20. The van der Waals surface area contributed by atoms with Crippen LogP contribution in [0.1, 0.15) is 36.0 Å². The SMILES string of the molecule is COc1nccnc1OC1CCN(C(=O)c2ccc(S(=O)(=O)N3CCCCC3)cc2)C1. The maximum Gasteiger partial charge on any atom is 0.278 e. The van der Waals surface area contributed by atoms with Crippen LogP contribution in [0.15, 0.2) is 41.6 Å². The zero-order valence-electron chi connectivity index (χ0n) is 17.4. The summed E-state index contributed by atoms with van der Waals surface area (Å²) in [5.41, 5.74) is 0.454. The summed E-state index contributed by atoms with van der Waals surface area (Å²) in [6.07, 6.45) is 6.31. The molecule has 10 heteroatoms. The standard InChI is InChI=1S/C21H26N4O5S/c1-29-19-20(23-11-10-22-19)30-17-9-14-24(15-17)21(26)16-5-7-18(8-6-16)31(27,28)25-12-3-2-4-13-25/h5-8,10-11,17H,2-4,9,12-15H2,1H3. The Balaban J connectivity index is 1.40. The van der Waals surface area contributed by atoms with Crippen LogP contribution in [0, 0.1) is 0 Å². The van der Waals surface area contributed by atoms with E-state index in [1.54, 1.807) is 17.0 Å². The number of hydrogen-bond donors (Lipinski definition) is 0. The van der Waals surface area contributed by atoms with Gasteiger partial charge in [0.25, 0.3) is 17.7 Å². The van der Waals surface area contributed by atoms with Crippen LogP contribution in [0.5, 0.6) is 11.8 Å². The minimum Gasteiger partial charge on any atom is -0.477 e. The molecule has 2 aromatic rings. The van der Waals surface area contributed by atoms with Crippen molar-refractivity contribution in [1.29, 1.82) is 0 Å². The predicted octanol–water partition coefficient (Wildman–Crippen LogP) is 1.95. The third-order valence-electron chi connectivity index (χ3n) is 5.59. The Kier molecular flexibility index (Phi) is 6.38. The monoisotopic (exact) mass is 446 g/mol. The van der Waals surface area contributed by atoms with Gasteiger partial charge in [-0.3, -0.25) is 4.79 Å². The topological polar surface area (TPSA) is 102 Å². The lowest BCUT2D eigenvalue weighted by atomic mass is 10.2. The van der Waals surface area contributed by atoms with E-state index in [9.17, 15) is 13.2 Å². The van der Waals surface area contributed by atoms with Crippen LogP contribution < -0.4 is 9.47 Å². The molecule has 2 fully saturated rings. The highest BCUT2D eigenvalue weighted by Gasteiger charge is 2.30. The number of piperidine rings is 1. The average Bonchev–Trinajstić information content (AvgIpc) is 3.28. The van der Waals surface area contributed by atoms with Gasteiger partial charge in [-0.15, -0.1) is 0 Å². The molecule has 2 saturated heterocycles. The number of sulfonamides is 1. The molecule has 0 aliphatic carbocycles. The molecule has 1 unspecified atom stereocenters. The third-order valence-corrected chi connectivity index (χ3v) is 7.50. The summed E-state index contributed by atoms with van der Waals surface area (Å²) in [7, 11) is -2.01. The van der Waals surface area contributed by atoms with Crippen LogP contribution in [-0.2, 0) is 10.0 Å². The zero-order chi connectivity index (χ0) is 21.8. The Morgan fingerprint density at radius 1 is 1.00 bits per heavy atom. The van der Waals surface area contributed by atoms with Crippen molar-refractivity contribution in [2.75, 3.05) is 33.3 Å². The molecule has 2 aliphatic rings. The molecular formula is C21H26N4O5S. The fourth-order valence-corrected chi connectivity index (χ4v) is 5.42. The van der Waals surface area contributed by atoms with Gasteiger partial charge in [-0.05, 0) is 37.1 Å². The van der Waals surface area contributed by atoms with Crippen LogP contribution in [0.2, 0.25) is 0 Å². The molecule has 9 nitrogen and oxygen atoms in total. The molecule has 0 spiro atoms. The van der Waals surface area contributed by atoms with E-state index in [-0.39, 0.29) is 16.9 Å². The van der Waals surface area contributed by atoms with Crippen molar-refractivity contribution in [3.8, 4) is 11.8 Å². The van der Waals surface area contributed by atoms with Gasteiger partial charge in [0, 0.05) is 44.0 Å². The first-order valence-electron chi connectivity index (χ1n) is 10.4. The number of amides is 1. The number of ether oxygens (including phenoxy) is 2. The number of nitrogens with zero attached hydrogens (tertiary/aromatic N) is 4. The van der Waals surface area contributed by atoms with Crippen molar-refractivity contribution in [1.82, 2.24) is 19.2 Å². The summed E-state index contributed by atoms with van der Waals surface area (Å²) < 4.78 is 38.1. The van der Waals surface area contributed by atoms with Crippen LogP contribution in [0.3, 0.4) is 0 Å². The molecule has 1 aromatic heterocycles. The highest BCUT2D eigenvalue weighted by molar-refractivity contribution is 7.89. The number of carbonyl (C=O) groups excluding carboxylic acids is 1. The second kappa shape index (κ2) is 9.19. The lowest BCUT2D eigenvalue weighted by Crippen LogP contribution is -2.35. The quantitative estimate of drug-likeness (QED) is 0.668. The number of rotatable bonds is 6. The summed E-state index contributed by atoms with van der Waals surface area (Å²) in [6.45, 7) is 2.05. The molecule has 2 aliphatic heterocycles. The van der Waals surface area contributed by atoms with Gasteiger partial charge in [-0.25, -0.2) is 18.4 Å². The van der Waals surface area contributed by atoms with Gasteiger partial charge in [0.2, 0.25) is 10.0 Å². The van der Waals surface area contributed by atoms with Crippen molar-refractivity contribution >= 4 is 15.9 Å². The van der Waals surface area contributed by atoms with Gasteiger partial charge in [0.05, 0.1) is 18.6 Å². The summed E-state index contributed by atoms with van der Waals surface area (Å²) in [5.74, 6) is 0.452. The van der Waals surface area contributed by atoms with Crippen LogP contribution in [-0.4, -0.2) is 72.9 Å². The van der Waals surface area contributed by atoms with E-state index in [0.29, 0.717) is 49.9 Å². The molecule has 3 heterocycles. The van der Waals surface area contributed by atoms with Crippen molar-refractivity contribution < 1.29 is 22.7 Å². The molecule has 1 aromatic carbocycles. The second-order valence-corrected chi connectivity index (χ2v) is 9.58. The summed E-state index contributed by atoms with van der Waals surface area (Å²) in [5, 5.41) is 0. The largest absolute Gasteiger partial charge is 0.477 e. The molecule has 0 saturated carbocycles. The van der Waals surface area contributed by atoms with Gasteiger partial charge < -0.3 is 14.4 Å². The van der Waals surface area contributed by atoms with E-state index in [4.69, 9.17) is 9.47 Å². The smallest absolute Gasteiger partial charge is 0.278 e. The van der Waals surface area contributed by atoms with Crippen LogP contribution in [0.4, 0.5) is 0 Å². The highest BCUT2D eigenvalue weighted by Crippen LogP contribution is 2.25. The molecule has 0 radical (unpaired) electrons. The Labute approximate surface area is 182 Å². The fraction of sp³-hybridized carbons (Fsp3) is 0.476. The number of methoxy groups -OCH3 is 1. The highest BCUT2D eigenvalue weighted by atomic mass is 32.2. The van der Waals surface area contributed by atoms with E-state index in [2.05, 4.69) is 9.97 Å². The molecule has 1 amide bonds. The predicted molar refractivity (Wildman–Crippen MR) is 113 cm³/mol. The Bertz CT molecular complexity index is 1020. The minimum atomic E-state index is -3.51. The Morgan fingerprint density at radius 2 is 1.68 bits per heavy atom. The normalized spacial score (nSPS) is 19.9.